The zero-order chi connectivity index (χ0) is 30.5. The molecule has 5 aromatic rings. The molecule has 0 N–H and O–H groups in total. The number of ether oxygens (including phenoxy) is 2. The molecule has 43 heavy (non-hydrogen) atoms. The van der Waals surface area contributed by atoms with E-state index in [4.69, 9.17) is 14.3 Å². The standard InChI is InChI=1S/C34H29N3O6/c1-5-36-31-16-12-25(19-29(31)30-20-26(37(39)40)13-17-32(30)36)33(35-43-34(38)24-10-8-7-9-11-24)28-15-14-27(18-22(28)3)42-23(4)21-41-6-2/h5-20,23H,1-2,21H2,3-4H3/b35-33+. The highest BCUT2D eigenvalue weighted by molar-refractivity contribution is 6.18. The van der Waals surface area contributed by atoms with E-state index >= 15 is 0 Å². The molecule has 0 aliphatic rings. The zero-order valence-electron chi connectivity index (χ0n) is 23.7. The van der Waals surface area contributed by atoms with Gasteiger partial charge in [-0.1, -0.05) is 42.6 Å². The number of carbonyl (C=O) groups excluding carboxylic acids is 1. The smallest absolute Gasteiger partial charge is 0.365 e. The lowest BCUT2D eigenvalue weighted by Gasteiger charge is -2.16. The number of fused-ring (bicyclic) bond motifs is 3. The summed E-state index contributed by atoms with van der Waals surface area (Å²) in [5, 5.41) is 17.3. The van der Waals surface area contributed by atoms with Gasteiger partial charge in [0.2, 0.25) is 0 Å². The van der Waals surface area contributed by atoms with E-state index < -0.39 is 10.9 Å². The fourth-order valence-electron chi connectivity index (χ4n) is 4.92. The molecule has 216 valence electrons. The number of nitrogens with zero attached hydrogens (tertiary/aromatic N) is 3. The number of oxime groups is 1. The molecular formula is C34H29N3O6. The number of carbonyl (C=O) groups is 1. The Bertz CT molecular complexity index is 1890. The molecule has 0 saturated carbocycles. The molecular weight excluding hydrogens is 546 g/mol. The normalized spacial score (nSPS) is 12.1. The molecule has 0 aliphatic heterocycles. The second kappa shape index (κ2) is 12.4. The summed E-state index contributed by atoms with van der Waals surface area (Å²) in [4.78, 5) is 29.4. The van der Waals surface area contributed by atoms with Crippen LogP contribution in [0.25, 0.3) is 28.0 Å². The van der Waals surface area contributed by atoms with Crippen molar-refractivity contribution in [3.63, 3.8) is 0 Å². The fraction of sp³-hybridized carbons (Fsp3) is 0.118. The molecule has 0 spiro atoms. The van der Waals surface area contributed by atoms with Gasteiger partial charge in [0.1, 0.15) is 24.2 Å². The second-order valence-electron chi connectivity index (χ2n) is 9.83. The molecule has 1 unspecified atom stereocenters. The summed E-state index contributed by atoms with van der Waals surface area (Å²) in [5.41, 5.74) is 4.51. The summed E-state index contributed by atoms with van der Waals surface area (Å²) in [6, 6.07) is 24.5. The van der Waals surface area contributed by atoms with E-state index in [0.717, 1.165) is 22.0 Å². The van der Waals surface area contributed by atoms with Gasteiger partial charge in [-0.3, -0.25) is 10.1 Å². The van der Waals surface area contributed by atoms with E-state index in [-0.39, 0.29) is 11.8 Å². The van der Waals surface area contributed by atoms with Crippen molar-refractivity contribution in [3.8, 4) is 5.75 Å². The van der Waals surface area contributed by atoms with Gasteiger partial charge in [0.25, 0.3) is 5.69 Å². The lowest BCUT2D eigenvalue weighted by Crippen LogP contribution is -2.18. The summed E-state index contributed by atoms with van der Waals surface area (Å²) in [7, 11) is 0. The first-order valence-corrected chi connectivity index (χ1v) is 13.5. The Kier molecular flexibility index (Phi) is 8.34. The van der Waals surface area contributed by atoms with Crippen molar-refractivity contribution in [2.45, 2.75) is 20.0 Å². The van der Waals surface area contributed by atoms with Crippen LogP contribution in [0.1, 0.15) is 34.0 Å². The number of nitro groups is 1. The van der Waals surface area contributed by atoms with E-state index in [0.29, 0.717) is 40.1 Å². The Morgan fingerprint density at radius 1 is 0.977 bits per heavy atom. The second-order valence-corrected chi connectivity index (χ2v) is 9.83. The highest BCUT2D eigenvalue weighted by atomic mass is 16.7. The van der Waals surface area contributed by atoms with E-state index in [1.54, 1.807) is 42.6 Å². The third-order valence-corrected chi connectivity index (χ3v) is 6.92. The van der Waals surface area contributed by atoms with Gasteiger partial charge >= 0.3 is 5.97 Å². The minimum Gasteiger partial charge on any atom is -0.498 e. The maximum atomic E-state index is 12.8. The quantitative estimate of drug-likeness (QED) is 0.0527. The van der Waals surface area contributed by atoms with Crippen molar-refractivity contribution in [1.82, 2.24) is 4.57 Å². The Labute approximate surface area is 248 Å². The van der Waals surface area contributed by atoms with Crippen LogP contribution in [0.15, 0.2) is 110 Å². The fourth-order valence-corrected chi connectivity index (χ4v) is 4.92. The SMILES string of the molecule is C=COCC(C)Oc1ccc(/C(=N/OC(=O)c2ccccc2)c2ccc3c(c2)c2cc([N+](=O)[O-])ccc2n3C=C)c(C)c1. The van der Waals surface area contributed by atoms with Crippen molar-refractivity contribution in [2.75, 3.05) is 6.61 Å². The van der Waals surface area contributed by atoms with Crippen LogP contribution in [0.2, 0.25) is 0 Å². The lowest BCUT2D eigenvalue weighted by molar-refractivity contribution is -0.384. The average molecular weight is 576 g/mol. The topological polar surface area (TPSA) is 105 Å². The molecule has 0 saturated heterocycles. The minimum atomic E-state index is -0.605. The maximum absolute atomic E-state index is 12.8. The Morgan fingerprint density at radius 3 is 2.37 bits per heavy atom. The first-order chi connectivity index (χ1) is 20.8. The molecule has 1 atom stereocenters. The molecule has 1 aromatic heterocycles. The number of aryl methyl sites for hydroxylation is 1. The molecule has 0 fully saturated rings. The van der Waals surface area contributed by atoms with Crippen molar-refractivity contribution in [1.29, 1.82) is 0 Å². The summed E-state index contributed by atoms with van der Waals surface area (Å²) < 4.78 is 13.1. The van der Waals surface area contributed by atoms with Crippen molar-refractivity contribution < 1.29 is 24.0 Å². The van der Waals surface area contributed by atoms with Gasteiger partial charge in [-0.15, -0.1) is 0 Å². The highest BCUT2D eigenvalue weighted by Gasteiger charge is 2.19. The largest absolute Gasteiger partial charge is 0.498 e. The van der Waals surface area contributed by atoms with Gasteiger partial charge in [-0.05, 0) is 67.9 Å². The Balaban J connectivity index is 1.62. The van der Waals surface area contributed by atoms with Gasteiger partial charge in [0, 0.05) is 40.2 Å². The number of aromatic nitrogens is 1. The van der Waals surface area contributed by atoms with Crippen LogP contribution in [-0.2, 0) is 9.57 Å². The molecule has 4 aromatic carbocycles. The van der Waals surface area contributed by atoms with Crippen LogP contribution >= 0.6 is 0 Å². The number of non-ortho nitro benzene ring substituents is 1. The van der Waals surface area contributed by atoms with Crippen LogP contribution in [0.3, 0.4) is 0 Å². The third-order valence-electron chi connectivity index (χ3n) is 6.92. The Morgan fingerprint density at radius 2 is 1.70 bits per heavy atom. The van der Waals surface area contributed by atoms with Gasteiger partial charge in [0.15, 0.2) is 0 Å². The average Bonchev–Trinajstić information content (AvgIpc) is 3.33. The molecule has 0 aliphatic carbocycles. The Hall–Kier alpha value is -5.70. The first kappa shape index (κ1) is 28.8. The maximum Gasteiger partial charge on any atom is 0.365 e. The van der Waals surface area contributed by atoms with E-state index in [1.807, 2.05) is 60.9 Å². The predicted molar refractivity (Wildman–Crippen MR) is 167 cm³/mol. The van der Waals surface area contributed by atoms with Gasteiger partial charge < -0.3 is 18.9 Å². The summed E-state index contributed by atoms with van der Waals surface area (Å²) in [5.74, 6) is 0.0329. The molecule has 1 heterocycles. The molecule has 9 nitrogen and oxygen atoms in total. The minimum absolute atomic E-state index is 0.0224. The zero-order valence-corrected chi connectivity index (χ0v) is 23.7. The van der Waals surface area contributed by atoms with Crippen molar-refractivity contribution >= 4 is 45.4 Å². The van der Waals surface area contributed by atoms with Crippen molar-refractivity contribution in [2.24, 2.45) is 5.16 Å². The van der Waals surface area contributed by atoms with Crippen LogP contribution in [-0.4, -0.2) is 33.9 Å². The van der Waals surface area contributed by atoms with Crippen molar-refractivity contribution in [3.05, 3.63) is 137 Å². The van der Waals surface area contributed by atoms with E-state index in [1.165, 1.54) is 12.3 Å². The number of nitro benzene ring substituents is 1. The van der Waals surface area contributed by atoms with Gasteiger partial charge in [-0.2, -0.15) is 0 Å². The van der Waals surface area contributed by atoms with E-state index in [9.17, 15) is 14.9 Å². The number of rotatable bonds is 11. The lowest BCUT2D eigenvalue weighted by atomic mass is 9.96. The highest BCUT2D eigenvalue weighted by Crippen LogP contribution is 2.33. The van der Waals surface area contributed by atoms with Crippen LogP contribution in [0, 0.1) is 17.0 Å². The molecule has 0 amide bonds. The van der Waals surface area contributed by atoms with Gasteiger partial charge in [-0.25, -0.2) is 4.79 Å². The van der Waals surface area contributed by atoms with Crippen LogP contribution < -0.4 is 4.74 Å². The first-order valence-electron chi connectivity index (χ1n) is 13.5. The molecule has 0 bridgehead atoms. The number of hydrogen-bond acceptors (Lipinski definition) is 7. The third kappa shape index (κ3) is 6.01. The van der Waals surface area contributed by atoms with Gasteiger partial charge in [0.05, 0.1) is 27.8 Å². The molecule has 5 rings (SSSR count). The summed E-state index contributed by atoms with van der Waals surface area (Å²) >= 11 is 0. The molecule has 9 heteroatoms. The predicted octanol–water partition coefficient (Wildman–Crippen LogP) is 7.65. The van der Waals surface area contributed by atoms with Crippen LogP contribution in [0.5, 0.6) is 5.75 Å². The monoisotopic (exact) mass is 575 g/mol. The number of benzene rings is 4. The van der Waals surface area contributed by atoms with Crippen LogP contribution in [0.4, 0.5) is 5.69 Å². The number of hydrogen-bond donors (Lipinski definition) is 0. The van der Waals surface area contributed by atoms with E-state index in [2.05, 4.69) is 18.3 Å². The summed E-state index contributed by atoms with van der Waals surface area (Å²) in [6.45, 7) is 11.6. The summed E-state index contributed by atoms with van der Waals surface area (Å²) in [6.07, 6.45) is 2.82. The molecule has 0 radical (unpaired) electrons.